The number of carbonyl (C=O) groups excluding carboxylic acids is 2. The monoisotopic (exact) mass is 436 g/mol. The van der Waals surface area contributed by atoms with Crippen molar-refractivity contribution in [2.45, 2.75) is 72.6 Å². The predicted octanol–water partition coefficient (Wildman–Crippen LogP) is 4.81. The first-order valence-corrected chi connectivity index (χ1v) is 11.7. The zero-order valence-corrected chi connectivity index (χ0v) is 20.1. The van der Waals surface area contributed by atoms with Gasteiger partial charge < -0.3 is 15.0 Å². The van der Waals surface area contributed by atoms with E-state index in [0.717, 1.165) is 17.5 Å². The highest BCUT2D eigenvalue weighted by Crippen LogP contribution is 2.38. The van der Waals surface area contributed by atoms with Crippen LogP contribution < -0.4 is 10.1 Å². The summed E-state index contributed by atoms with van der Waals surface area (Å²) in [5, 5.41) is 2.93. The molecule has 2 atom stereocenters. The molecule has 0 bridgehead atoms. The average molecular weight is 437 g/mol. The fourth-order valence-electron chi connectivity index (χ4n) is 4.21. The summed E-state index contributed by atoms with van der Waals surface area (Å²) in [5.41, 5.74) is 4.57. The molecule has 2 aromatic carbocycles. The molecule has 0 saturated carbocycles. The van der Waals surface area contributed by atoms with E-state index in [1.807, 2.05) is 51.7 Å². The van der Waals surface area contributed by atoms with Gasteiger partial charge in [0.1, 0.15) is 5.75 Å². The van der Waals surface area contributed by atoms with Crippen molar-refractivity contribution in [1.82, 2.24) is 10.2 Å². The van der Waals surface area contributed by atoms with Crippen LogP contribution in [0, 0.1) is 12.8 Å². The Hall–Kier alpha value is -2.82. The summed E-state index contributed by atoms with van der Waals surface area (Å²) in [6, 6.07) is 14.3. The van der Waals surface area contributed by atoms with Gasteiger partial charge in [-0.15, -0.1) is 0 Å². The van der Waals surface area contributed by atoms with E-state index >= 15 is 0 Å². The highest BCUT2D eigenvalue weighted by atomic mass is 16.5. The largest absolute Gasteiger partial charge is 0.481 e. The van der Waals surface area contributed by atoms with Crippen molar-refractivity contribution in [1.29, 1.82) is 0 Å². The third-order valence-corrected chi connectivity index (χ3v) is 5.89. The first kappa shape index (κ1) is 23.8. The minimum Gasteiger partial charge on any atom is -0.481 e. The maximum Gasteiger partial charge on any atom is 0.261 e. The van der Waals surface area contributed by atoms with E-state index in [1.165, 1.54) is 11.1 Å². The van der Waals surface area contributed by atoms with Crippen molar-refractivity contribution in [3.63, 3.8) is 0 Å². The molecule has 3 rings (SSSR count). The van der Waals surface area contributed by atoms with Gasteiger partial charge in [-0.3, -0.25) is 9.59 Å². The second kappa shape index (κ2) is 10.2. The summed E-state index contributed by atoms with van der Waals surface area (Å²) in [5.74, 6) is 0.626. The summed E-state index contributed by atoms with van der Waals surface area (Å²) in [4.78, 5) is 27.6. The molecule has 0 aromatic heterocycles. The molecule has 0 spiro atoms. The molecular formula is C27H36N2O3. The standard InChI is InChI=1S/C27H36N2O3/c1-7-24(26(30)28-18(4)5)32-22-13-12-20-14-15-29(27(31)17(2)3)25(23(20)16-22)21-10-8-19(6)9-11-21/h8-13,16-18,24-25H,7,14-15H2,1-6H3,(H,28,30)/t24-,25+/m0/s1. The van der Waals surface area contributed by atoms with Crippen LogP contribution in [0.2, 0.25) is 0 Å². The van der Waals surface area contributed by atoms with Crippen LogP contribution in [0.4, 0.5) is 0 Å². The minimum absolute atomic E-state index is 0.0604. The molecular weight excluding hydrogens is 400 g/mol. The topological polar surface area (TPSA) is 58.6 Å². The van der Waals surface area contributed by atoms with Crippen LogP contribution in [-0.2, 0) is 16.0 Å². The maximum absolute atomic E-state index is 13.1. The first-order valence-electron chi connectivity index (χ1n) is 11.7. The lowest BCUT2D eigenvalue weighted by Crippen LogP contribution is -2.43. The normalized spacial score (nSPS) is 16.6. The Bertz CT molecular complexity index is 950. The van der Waals surface area contributed by atoms with Crippen LogP contribution in [0.1, 0.15) is 69.3 Å². The molecule has 1 aliphatic rings. The van der Waals surface area contributed by atoms with Crippen molar-refractivity contribution in [2.24, 2.45) is 5.92 Å². The Morgan fingerprint density at radius 1 is 1.09 bits per heavy atom. The van der Waals surface area contributed by atoms with Crippen molar-refractivity contribution in [3.8, 4) is 5.75 Å². The predicted molar refractivity (Wildman–Crippen MR) is 128 cm³/mol. The zero-order valence-electron chi connectivity index (χ0n) is 20.1. The molecule has 172 valence electrons. The number of aryl methyl sites for hydroxylation is 1. The molecule has 5 nitrogen and oxygen atoms in total. The SMILES string of the molecule is CC[C@H](Oc1ccc2c(c1)[C@@H](c1ccc(C)cc1)N(C(=O)C(C)C)CC2)C(=O)NC(C)C. The molecule has 0 aliphatic carbocycles. The van der Waals surface area contributed by atoms with E-state index in [1.54, 1.807) is 0 Å². The van der Waals surface area contributed by atoms with Gasteiger partial charge in [0.15, 0.2) is 6.10 Å². The van der Waals surface area contributed by atoms with Gasteiger partial charge in [-0.1, -0.05) is 56.7 Å². The van der Waals surface area contributed by atoms with Crippen molar-refractivity contribution >= 4 is 11.8 Å². The minimum atomic E-state index is -0.551. The number of carbonyl (C=O) groups is 2. The van der Waals surface area contributed by atoms with Gasteiger partial charge in [0.05, 0.1) is 6.04 Å². The summed E-state index contributed by atoms with van der Waals surface area (Å²) in [7, 11) is 0. The number of nitrogens with zero attached hydrogens (tertiary/aromatic N) is 1. The Balaban J connectivity index is 1.99. The average Bonchev–Trinajstić information content (AvgIpc) is 2.76. The van der Waals surface area contributed by atoms with E-state index in [4.69, 9.17) is 4.74 Å². The fourth-order valence-corrected chi connectivity index (χ4v) is 4.21. The van der Waals surface area contributed by atoms with Crippen LogP contribution >= 0.6 is 0 Å². The second-order valence-electron chi connectivity index (χ2n) is 9.29. The molecule has 0 radical (unpaired) electrons. The Kier molecular flexibility index (Phi) is 7.60. The lowest BCUT2D eigenvalue weighted by molar-refractivity contribution is -0.136. The lowest BCUT2D eigenvalue weighted by Gasteiger charge is -2.39. The molecule has 0 fully saturated rings. The van der Waals surface area contributed by atoms with Gasteiger partial charge in [-0.2, -0.15) is 0 Å². The van der Waals surface area contributed by atoms with Crippen LogP contribution in [0.5, 0.6) is 5.75 Å². The zero-order chi connectivity index (χ0) is 23.4. The highest BCUT2D eigenvalue weighted by Gasteiger charge is 2.33. The van der Waals surface area contributed by atoms with Gasteiger partial charge in [0, 0.05) is 18.5 Å². The quantitative estimate of drug-likeness (QED) is 0.678. The molecule has 1 heterocycles. The van der Waals surface area contributed by atoms with Gasteiger partial charge in [-0.25, -0.2) is 0 Å². The van der Waals surface area contributed by atoms with Crippen LogP contribution in [-0.4, -0.2) is 35.4 Å². The van der Waals surface area contributed by atoms with E-state index in [2.05, 4.69) is 42.6 Å². The first-order chi connectivity index (χ1) is 15.2. The number of fused-ring (bicyclic) bond motifs is 1. The van der Waals surface area contributed by atoms with E-state index in [9.17, 15) is 9.59 Å². The molecule has 1 N–H and O–H groups in total. The summed E-state index contributed by atoms with van der Waals surface area (Å²) in [6.07, 6.45) is 0.835. The highest BCUT2D eigenvalue weighted by molar-refractivity contribution is 5.81. The van der Waals surface area contributed by atoms with Crippen LogP contribution in [0.15, 0.2) is 42.5 Å². The summed E-state index contributed by atoms with van der Waals surface area (Å²) in [6.45, 7) is 12.5. The number of benzene rings is 2. The van der Waals surface area contributed by atoms with E-state index in [-0.39, 0.29) is 29.8 Å². The van der Waals surface area contributed by atoms with Gasteiger partial charge in [0.2, 0.25) is 5.91 Å². The number of ether oxygens (including phenoxy) is 1. The molecule has 2 aromatic rings. The lowest BCUT2D eigenvalue weighted by atomic mass is 9.87. The number of hydrogen-bond acceptors (Lipinski definition) is 3. The number of hydrogen-bond donors (Lipinski definition) is 1. The van der Waals surface area contributed by atoms with Crippen LogP contribution in [0.25, 0.3) is 0 Å². The Morgan fingerprint density at radius 2 is 1.78 bits per heavy atom. The molecule has 5 heteroatoms. The van der Waals surface area contributed by atoms with Gasteiger partial charge in [-0.05, 0) is 62.4 Å². The van der Waals surface area contributed by atoms with Gasteiger partial charge in [0.25, 0.3) is 5.91 Å². The van der Waals surface area contributed by atoms with E-state index in [0.29, 0.717) is 18.7 Å². The molecule has 1 aliphatic heterocycles. The molecule has 0 saturated heterocycles. The van der Waals surface area contributed by atoms with Crippen molar-refractivity contribution in [3.05, 3.63) is 64.7 Å². The fraction of sp³-hybridized carbons (Fsp3) is 0.481. The molecule has 2 amide bonds. The number of rotatable bonds is 7. The number of nitrogens with one attached hydrogen (secondary N) is 1. The summed E-state index contributed by atoms with van der Waals surface area (Å²) >= 11 is 0. The summed E-state index contributed by atoms with van der Waals surface area (Å²) < 4.78 is 6.12. The third kappa shape index (κ3) is 5.32. The Labute approximate surface area is 192 Å². The van der Waals surface area contributed by atoms with E-state index < -0.39 is 6.10 Å². The number of amides is 2. The van der Waals surface area contributed by atoms with Crippen molar-refractivity contribution < 1.29 is 14.3 Å². The molecule has 0 unspecified atom stereocenters. The van der Waals surface area contributed by atoms with Gasteiger partial charge >= 0.3 is 0 Å². The smallest absolute Gasteiger partial charge is 0.261 e. The maximum atomic E-state index is 13.1. The van der Waals surface area contributed by atoms with Crippen molar-refractivity contribution in [2.75, 3.05) is 6.54 Å². The molecule has 32 heavy (non-hydrogen) atoms. The second-order valence-corrected chi connectivity index (χ2v) is 9.29. The Morgan fingerprint density at radius 3 is 2.38 bits per heavy atom. The van der Waals surface area contributed by atoms with Crippen LogP contribution in [0.3, 0.4) is 0 Å². The third-order valence-electron chi connectivity index (χ3n) is 5.89.